The number of aliphatic hydroxyl groups excluding tert-OH is 2. The second-order valence-electron chi connectivity index (χ2n) is 3.73. The van der Waals surface area contributed by atoms with E-state index in [1.165, 1.54) is 4.90 Å². The van der Waals surface area contributed by atoms with Crippen molar-refractivity contribution in [2.24, 2.45) is 0 Å². The smallest absolute Gasteiger partial charge is 0.328 e. The van der Waals surface area contributed by atoms with Crippen LogP contribution in [-0.2, 0) is 4.79 Å². The number of amides is 2. The lowest BCUT2D eigenvalue weighted by molar-refractivity contribution is -0.140. The van der Waals surface area contributed by atoms with Crippen LogP contribution in [0.1, 0.15) is 19.3 Å². The molecular formula is C10H20N2O5. The minimum absolute atomic E-state index is 0.126. The molecule has 7 nitrogen and oxygen atoms in total. The number of carboxylic acid groups (broad SMARTS) is 1. The van der Waals surface area contributed by atoms with Gasteiger partial charge in [0.25, 0.3) is 0 Å². The molecule has 0 rings (SSSR count). The molecule has 17 heavy (non-hydrogen) atoms. The lowest BCUT2D eigenvalue weighted by Gasteiger charge is -2.20. The zero-order valence-corrected chi connectivity index (χ0v) is 9.93. The number of carbonyl (C=O) groups excluding carboxylic acids is 1. The lowest BCUT2D eigenvalue weighted by atomic mass is 10.2. The second-order valence-corrected chi connectivity index (χ2v) is 3.73. The number of hydrogen-bond donors (Lipinski definition) is 4. The summed E-state index contributed by atoms with van der Waals surface area (Å²) in [6, 6.07) is -1.81. The molecule has 0 saturated heterocycles. The molecule has 0 aromatic carbocycles. The van der Waals surface area contributed by atoms with Crippen LogP contribution < -0.4 is 5.32 Å². The van der Waals surface area contributed by atoms with Crippen LogP contribution in [0, 0.1) is 0 Å². The van der Waals surface area contributed by atoms with Crippen LogP contribution in [0.5, 0.6) is 0 Å². The van der Waals surface area contributed by atoms with E-state index in [0.717, 1.165) is 12.8 Å². The van der Waals surface area contributed by atoms with Gasteiger partial charge in [-0.15, -0.1) is 0 Å². The molecule has 0 saturated carbocycles. The van der Waals surface area contributed by atoms with E-state index in [2.05, 4.69) is 5.32 Å². The van der Waals surface area contributed by atoms with Gasteiger partial charge in [-0.25, -0.2) is 9.59 Å². The van der Waals surface area contributed by atoms with Crippen LogP contribution in [0.4, 0.5) is 4.79 Å². The number of unbranched alkanes of at least 4 members (excludes halogenated alkanes) is 2. The Kier molecular flexibility index (Phi) is 8.08. The zero-order chi connectivity index (χ0) is 13.3. The molecule has 2 amide bonds. The Hall–Kier alpha value is -1.34. The van der Waals surface area contributed by atoms with Crippen LogP contribution in [0.3, 0.4) is 0 Å². The Morgan fingerprint density at radius 3 is 2.35 bits per heavy atom. The van der Waals surface area contributed by atoms with Crippen LogP contribution in [-0.4, -0.2) is 65.1 Å². The Morgan fingerprint density at radius 1 is 1.24 bits per heavy atom. The first-order chi connectivity index (χ1) is 8.02. The SMILES string of the molecule is CN(CCCCCO)C(=O)NC(CO)C(=O)O. The molecule has 0 radical (unpaired) electrons. The van der Waals surface area contributed by atoms with Crippen molar-refractivity contribution >= 4 is 12.0 Å². The zero-order valence-electron chi connectivity index (χ0n) is 9.93. The van der Waals surface area contributed by atoms with E-state index in [4.69, 9.17) is 15.3 Å². The average Bonchev–Trinajstić information content (AvgIpc) is 2.30. The van der Waals surface area contributed by atoms with Gasteiger partial charge in [0, 0.05) is 20.2 Å². The van der Waals surface area contributed by atoms with E-state index in [9.17, 15) is 9.59 Å². The molecule has 1 unspecified atom stereocenters. The third-order valence-corrected chi connectivity index (χ3v) is 2.28. The number of urea groups is 1. The van der Waals surface area contributed by atoms with Crippen molar-refractivity contribution in [2.45, 2.75) is 25.3 Å². The standard InChI is InChI=1S/C10H20N2O5/c1-12(5-3-2-4-6-13)10(17)11-8(7-14)9(15)16/h8,13-14H,2-7H2,1H3,(H,11,17)(H,15,16). The number of nitrogens with one attached hydrogen (secondary N) is 1. The fraction of sp³-hybridized carbons (Fsp3) is 0.800. The highest BCUT2D eigenvalue weighted by atomic mass is 16.4. The van der Waals surface area contributed by atoms with Crippen LogP contribution >= 0.6 is 0 Å². The average molecular weight is 248 g/mol. The third-order valence-electron chi connectivity index (χ3n) is 2.28. The normalized spacial score (nSPS) is 11.9. The first-order valence-corrected chi connectivity index (χ1v) is 5.49. The molecular weight excluding hydrogens is 228 g/mol. The largest absolute Gasteiger partial charge is 0.480 e. The van der Waals surface area contributed by atoms with E-state index in [-0.39, 0.29) is 6.61 Å². The van der Waals surface area contributed by atoms with Crippen LogP contribution in [0.25, 0.3) is 0 Å². The molecule has 0 heterocycles. The predicted octanol–water partition coefficient (Wildman–Crippen LogP) is -0.764. The van der Waals surface area contributed by atoms with E-state index >= 15 is 0 Å². The number of rotatable bonds is 8. The van der Waals surface area contributed by atoms with Crippen LogP contribution in [0.15, 0.2) is 0 Å². The Bertz CT molecular complexity index is 247. The van der Waals surface area contributed by atoms with Gasteiger partial charge in [0.2, 0.25) is 0 Å². The predicted molar refractivity (Wildman–Crippen MR) is 60.6 cm³/mol. The van der Waals surface area contributed by atoms with Gasteiger partial charge < -0.3 is 25.5 Å². The maximum Gasteiger partial charge on any atom is 0.328 e. The summed E-state index contributed by atoms with van der Waals surface area (Å²) in [6.45, 7) is -0.0372. The fourth-order valence-electron chi connectivity index (χ4n) is 1.18. The molecule has 0 aromatic rings. The van der Waals surface area contributed by atoms with E-state index in [0.29, 0.717) is 13.0 Å². The Balaban J connectivity index is 3.91. The van der Waals surface area contributed by atoms with Crippen molar-refractivity contribution in [3.05, 3.63) is 0 Å². The number of carbonyl (C=O) groups is 2. The first-order valence-electron chi connectivity index (χ1n) is 5.49. The summed E-state index contributed by atoms with van der Waals surface area (Å²) in [5.41, 5.74) is 0. The lowest BCUT2D eigenvalue weighted by Crippen LogP contribution is -2.48. The van der Waals surface area contributed by atoms with Crippen molar-refractivity contribution < 1.29 is 24.9 Å². The molecule has 0 aromatic heterocycles. The summed E-state index contributed by atoms with van der Waals surface area (Å²) in [5, 5.41) is 28.1. The quantitative estimate of drug-likeness (QED) is 0.422. The summed E-state index contributed by atoms with van der Waals surface area (Å²) >= 11 is 0. The number of aliphatic carboxylic acids is 1. The highest BCUT2D eigenvalue weighted by molar-refractivity contribution is 5.82. The minimum Gasteiger partial charge on any atom is -0.480 e. The number of carboxylic acids is 1. The van der Waals surface area contributed by atoms with E-state index in [1.807, 2.05) is 0 Å². The maximum absolute atomic E-state index is 11.5. The van der Waals surface area contributed by atoms with Gasteiger partial charge in [-0.1, -0.05) is 0 Å². The van der Waals surface area contributed by atoms with E-state index < -0.39 is 24.6 Å². The van der Waals surface area contributed by atoms with Gasteiger partial charge in [-0.05, 0) is 19.3 Å². The highest BCUT2D eigenvalue weighted by Crippen LogP contribution is 1.97. The minimum atomic E-state index is -1.28. The van der Waals surface area contributed by atoms with Crippen molar-refractivity contribution in [1.29, 1.82) is 0 Å². The van der Waals surface area contributed by atoms with Crippen LogP contribution in [0.2, 0.25) is 0 Å². The number of nitrogens with zero attached hydrogens (tertiary/aromatic N) is 1. The van der Waals surface area contributed by atoms with E-state index in [1.54, 1.807) is 7.05 Å². The van der Waals surface area contributed by atoms with Crippen molar-refractivity contribution in [3.63, 3.8) is 0 Å². The Morgan fingerprint density at radius 2 is 1.88 bits per heavy atom. The fourth-order valence-corrected chi connectivity index (χ4v) is 1.18. The third kappa shape index (κ3) is 6.75. The molecule has 1 atom stereocenters. The topological polar surface area (TPSA) is 110 Å². The van der Waals surface area contributed by atoms with Gasteiger partial charge in [-0.3, -0.25) is 0 Å². The molecule has 0 spiro atoms. The summed E-state index contributed by atoms with van der Waals surface area (Å²) in [4.78, 5) is 23.4. The number of hydrogen-bond acceptors (Lipinski definition) is 4. The second kappa shape index (κ2) is 8.77. The molecule has 0 aliphatic rings. The van der Waals surface area contributed by atoms with Gasteiger partial charge in [0.15, 0.2) is 6.04 Å². The number of aliphatic hydroxyl groups is 2. The van der Waals surface area contributed by atoms with Gasteiger partial charge >= 0.3 is 12.0 Å². The van der Waals surface area contributed by atoms with Gasteiger partial charge in [0.1, 0.15) is 0 Å². The molecule has 0 bridgehead atoms. The van der Waals surface area contributed by atoms with Crippen molar-refractivity contribution in [3.8, 4) is 0 Å². The summed E-state index contributed by atoms with van der Waals surface area (Å²) in [7, 11) is 1.55. The van der Waals surface area contributed by atoms with Gasteiger partial charge in [-0.2, -0.15) is 0 Å². The maximum atomic E-state index is 11.5. The first kappa shape index (κ1) is 15.7. The molecule has 0 fully saturated rings. The van der Waals surface area contributed by atoms with Crippen molar-refractivity contribution in [1.82, 2.24) is 10.2 Å². The van der Waals surface area contributed by atoms with Gasteiger partial charge in [0.05, 0.1) is 6.61 Å². The molecule has 0 aliphatic heterocycles. The summed E-state index contributed by atoms with van der Waals surface area (Å²) < 4.78 is 0. The molecule has 0 aliphatic carbocycles. The Labute approximate surface area is 100 Å². The molecule has 4 N–H and O–H groups in total. The molecule has 100 valence electrons. The summed E-state index contributed by atoms with van der Waals surface area (Å²) in [6.07, 6.45) is 2.22. The highest BCUT2D eigenvalue weighted by Gasteiger charge is 2.20. The summed E-state index contributed by atoms with van der Waals surface area (Å²) in [5.74, 6) is -1.27. The molecule has 7 heteroatoms. The monoisotopic (exact) mass is 248 g/mol. The van der Waals surface area contributed by atoms with Crippen molar-refractivity contribution in [2.75, 3.05) is 26.8 Å².